The van der Waals surface area contributed by atoms with Crippen molar-refractivity contribution in [3.05, 3.63) is 45.3 Å². The van der Waals surface area contributed by atoms with Crippen molar-refractivity contribution in [2.75, 3.05) is 24.1 Å². The fraction of sp³-hybridized carbons (Fsp3) is 0.300. The molecule has 0 atom stereocenters. The number of sulfonamides is 1. The minimum absolute atomic E-state index is 0.0503. The Morgan fingerprint density at radius 2 is 1.94 bits per heavy atom. The summed E-state index contributed by atoms with van der Waals surface area (Å²) in [6.45, 7) is 0.520. The van der Waals surface area contributed by atoms with Crippen molar-refractivity contribution in [1.82, 2.24) is 10.3 Å². The molecule has 0 saturated heterocycles. The van der Waals surface area contributed by atoms with E-state index < -0.39 is 21.7 Å². The van der Waals surface area contributed by atoms with Gasteiger partial charge in [0.05, 0.1) is 20.3 Å². The predicted molar refractivity (Wildman–Crippen MR) is 126 cm³/mol. The molecule has 2 aromatic heterocycles. The van der Waals surface area contributed by atoms with Gasteiger partial charge in [-0.15, -0.1) is 0 Å². The van der Waals surface area contributed by atoms with Gasteiger partial charge in [-0.25, -0.2) is 12.8 Å². The van der Waals surface area contributed by atoms with E-state index in [1.807, 2.05) is 22.6 Å². The van der Waals surface area contributed by atoms with Crippen LogP contribution in [0.3, 0.4) is 0 Å². The van der Waals surface area contributed by atoms with Crippen molar-refractivity contribution in [2.45, 2.75) is 19.3 Å². The highest BCUT2D eigenvalue weighted by Crippen LogP contribution is 2.35. The standard InChI is InChI=1S/C20H22FIN4O4S/c1-24-19(27)16-14-11-15(22)18(26-31(28,29)10-4-2-3-9-23)25-20(14)30-17(16)12-5-7-13(21)8-6-12/h5-8,11H,2-4,9-10,23H2,1H3,(H,24,27)(H,25,26). The molecule has 166 valence electrons. The van der Waals surface area contributed by atoms with Crippen molar-refractivity contribution >= 4 is 55.4 Å². The van der Waals surface area contributed by atoms with E-state index in [2.05, 4.69) is 15.0 Å². The number of hydrogen-bond donors (Lipinski definition) is 3. The van der Waals surface area contributed by atoms with Crippen LogP contribution >= 0.6 is 22.6 Å². The van der Waals surface area contributed by atoms with Gasteiger partial charge in [0.15, 0.2) is 5.82 Å². The summed E-state index contributed by atoms with van der Waals surface area (Å²) in [6.07, 6.45) is 1.97. The summed E-state index contributed by atoms with van der Waals surface area (Å²) < 4.78 is 47.0. The number of aromatic nitrogens is 1. The monoisotopic (exact) mass is 560 g/mol. The SMILES string of the molecule is CNC(=O)c1c(-c2ccc(F)cc2)oc2nc(NS(=O)(=O)CCCCCN)c(I)cc12. The molecule has 0 bridgehead atoms. The Morgan fingerprint density at radius 3 is 2.58 bits per heavy atom. The fourth-order valence-corrected chi connectivity index (χ4v) is 4.92. The van der Waals surface area contributed by atoms with E-state index in [-0.39, 0.29) is 28.6 Å². The van der Waals surface area contributed by atoms with Crippen LogP contribution in [0.1, 0.15) is 29.6 Å². The molecule has 11 heteroatoms. The molecule has 0 aliphatic heterocycles. The molecule has 31 heavy (non-hydrogen) atoms. The number of hydrogen-bond acceptors (Lipinski definition) is 6. The largest absolute Gasteiger partial charge is 0.437 e. The third-order valence-electron chi connectivity index (χ3n) is 4.57. The molecule has 0 fully saturated rings. The molecule has 1 amide bonds. The maximum atomic E-state index is 13.3. The topological polar surface area (TPSA) is 127 Å². The zero-order valence-corrected chi connectivity index (χ0v) is 19.7. The fourth-order valence-electron chi connectivity index (χ4n) is 3.04. The van der Waals surface area contributed by atoms with Gasteiger partial charge in [-0.2, -0.15) is 4.98 Å². The van der Waals surface area contributed by atoms with Gasteiger partial charge in [-0.05, 0) is 72.3 Å². The summed E-state index contributed by atoms with van der Waals surface area (Å²) in [5.41, 5.74) is 6.27. The van der Waals surface area contributed by atoms with Gasteiger partial charge in [0.25, 0.3) is 5.91 Å². The smallest absolute Gasteiger partial charge is 0.255 e. The van der Waals surface area contributed by atoms with Gasteiger partial charge < -0.3 is 15.5 Å². The van der Waals surface area contributed by atoms with Crippen LogP contribution < -0.4 is 15.8 Å². The third-order valence-corrected chi connectivity index (χ3v) is 6.72. The molecule has 4 N–H and O–H groups in total. The van der Waals surface area contributed by atoms with Crippen molar-refractivity contribution in [2.24, 2.45) is 5.73 Å². The maximum Gasteiger partial charge on any atom is 0.255 e. The van der Waals surface area contributed by atoms with Gasteiger partial charge in [-0.3, -0.25) is 9.52 Å². The molecule has 0 saturated carbocycles. The molecular formula is C20H22FIN4O4S. The highest BCUT2D eigenvalue weighted by Gasteiger charge is 2.24. The number of carbonyl (C=O) groups is 1. The van der Waals surface area contributed by atoms with Crippen LogP contribution in [0, 0.1) is 9.39 Å². The molecule has 3 rings (SSSR count). The van der Waals surface area contributed by atoms with E-state index in [0.29, 0.717) is 27.5 Å². The Hall–Kier alpha value is -2.25. The van der Waals surface area contributed by atoms with Crippen LogP contribution in [-0.2, 0) is 10.0 Å². The molecular weight excluding hydrogens is 538 g/mol. The number of rotatable bonds is 9. The number of anilines is 1. The summed E-state index contributed by atoms with van der Waals surface area (Å²) in [6, 6.07) is 7.15. The van der Waals surface area contributed by atoms with Crippen molar-refractivity contribution in [3.63, 3.8) is 0 Å². The van der Waals surface area contributed by atoms with Crippen LogP contribution in [0.15, 0.2) is 34.7 Å². The lowest BCUT2D eigenvalue weighted by atomic mass is 10.1. The number of nitrogens with two attached hydrogens (primary N) is 1. The molecule has 0 radical (unpaired) electrons. The summed E-state index contributed by atoms with van der Waals surface area (Å²) in [5.74, 6) is -0.527. The summed E-state index contributed by atoms with van der Waals surface area (Å²) in [5, 5.41) is 2.99. The Morgan fingerprint density at radius 1 is 1.23 bits per heavy atom. The molecule has 0 spiro atoms. The number of benzene rings is 1. The highest BCUT2D eigenvalue weighted by atomic mass is 127. The van der Waals surface area contributed by atoms with Crippen LogP contribution in [0.5, 0.6) is 0 Å². The second-order valence-electron chi connectivity index (χ2n) is 6.83. The van der Waals surface area contributed by atoms with E-state index in [9.17, 15) is 17.6 Å². The van der Waals surface area contributed by atoms with Crippen molar-refractivity contribution in [1.29, 1.82) is 0 Å². The first-order valence-corrected chi connectivity index (χ1v) is 12.3. The van der Waals surface area contributed by atoms with Gasteiger partial charge in [0, 0.05) is 12.6 Å². The zero-order valence-electron chi connectivity index (χ0n) is 16.7. The van der Waals surface area contributed by atoms with E-state index in [1.54, 1.807) is 6.07 Å². The van der Waals surface area contributed by atoms with Crippen LogP contribution in [0.2, 0.25) is 0 Å². The molecule has 0 aliphatic carbocycles. The van der Waals surface area contributed by atoms with Gasteiger partial charge in [-0.1, -0.05) is 6.42 Å². The number of amides is 1. The van der Waals surface area contributed by atoms with Crippen LogP contribution in [0.4, 0.5) is 10.2 Å². The molecule has 0 unspecified atom stereocenters. The van der Waals surface area contributed by atoms with E-state index in [0.717, 1.165) is 12.8 Å². The Balaban J connectivity index is 2.01. The predicted octanol–water partition coefficient (Wildman–Crippen LogP) is 3.47. The van der Waals surface area contributed by atoms with E-state index >= 15 is 0 Å². The average molecular weight is 560 g/mol. The number of furan rings is 1. The number of carbonyl (C=O) groups excluding carboxylic acids is 1. The lowest BCUT2D eigenvalue weighted by Gasteiger charge is -2.09. The summed E-state index contributed by atoms with van der Waals surface area (Å²) >= 11 is 1.95. The van der Waals surface area contributed by atoms with Gasteiger partial charge in [0.1, 0.15) is 11.6 Å². The first-order valence-electron chi connectivity index (χ1n) is 9.57. The Kier molecular flexibility index (Phi) is 7.49. The summed E-state index contributed by atoms with van der Waals surface area (Å²) in [4.78, 5) is 16.9. The second-order valence-corrected chi connectivity index (χ2v) is 9.84. The van der Waals surface area contributed by atoms with Gasteiger partial charge in [0.2, 0.25) is 15.7 Å². The van der Waals surface area contributed by atoms with E-state index in [1.165, 1.54) is 31.3 Å². The number of fused-ring (bicyclic) bond motifs is 1. The van der Waals surface area contributed by atoms with Crippen molar-refractivity contribution < 1.29 is 22.0 Å². The first-order chi connectivity index (χ1) is 14.8. The number of nitrogens with one attached hydrogen (secondary N) is 2. The minimum atomic E-state index is -3.61. The normalized spacial score (nSPS) is 11.6. The number of pyridine rings is 1. The molecule has 1 aromatic carbocycles. The highest BCUT2D eigenvalue weighted by molar-refractivity contribution is 14.1. The zero-order chi connectivity index (χ0) is 22.6. The first kappa shape index (κ1) is 23.4. The summed E-state index contributed by atoms with van der Waals surface area (Å²) in [7, 11) is -2.12. The number of unbranched alkanes of at least 4 members (excludes halogenated alkanes) is 2. The minimum Gasteiger partial charge on any atom is -0.437 e. The van der Waals surface area contributed by atoms with Crippen LogP contribution in [0.25, 0.3) is 22.4 Å². The molecule has 2 heterocycles. The van der Waals surface area contributed by atoms with Crippen molar-refractivity contribution in [3.8, 4) is 11.3 Å². The van der Waals surface area contributed by atoms with Gasteiger partial charge >= 0.3 is 0 Å². The maximum absolute atomic E-state index is 13.3. The molecule has 0 aliphatic rings. The number of nitrogens with zero attached hydrogens (tertiary/aromatic N) is 1. The quantitative estimate of drug-likeness (QED) is 0.272. The molecule has 3 aromatic rings. The van der Waals surface area contributed by atoms with E-state index in [4.69, 9.17) is 10.2 Å². The number of halogens is 2. The third kappa shape index (κ3) is 5.52. The van der Waals surface area contributed by atoms with Crippen LogP contribution in [-0.4, -0.2) is 38.7 Å². The molecule has 8 nitrogen and oxygen atoms in total. The lowest BCUT2D eigenvalue weighted by molar-refractivity contribution is 0.0964. The Bertz CT molecular complexity index is 1200. The Labute approximate surface area is 193 Å². The lowest BCUT2D eigenvalue weighted by Crippen LogP contribution is -2.19. The average Bonchev–Trinajstić information content (AvgIpc) is 3.09. The second kappa shape index (κ2) is 9.92.